The summed E-state index contributed by atoms with van der Waals surface area (Å²) in [7, 11) is 0. The van der Waals surface area contributed by atoms with Gasteiger partial charge in [-0.3, -0.25) is 0 Å². The Bertz CT molecular complexity index is 598. The second kappa shape index (κ2) is 12.5. The second-order valence-electron chi connectivity index (χ2n) is 7.92. The molecule has 0 unspecified atom stereocenters. The Kier molecular flexibility index (Phi) is 10.7. The van der Waals surface area contributed by atoms with Crippen molar-refractivity contribution in [2.75, 3.05) is 0 Å². The van der Waals surface area contributed by atoms with Crippen LogP contribution in [-0.2, 0) is 12.8 Å². The molecule has 0 spiro atoms. The lowest BCUT2D eigenvalue weighted by molar-refractivity contribution is 0.948. The molecule has 0 saturated heterocycles. The molecular weight excluding hydrogens is 312 g/mol. The molecule has 142 valence electrons. The highest BCUT2D eigenvalue weighted by molar-refractivity contribution is 5.31. The van der Waals surface area contributed by atoms with Gasteiger partial charge < -0.3 is 0 Å². The van der Waals surface area contributed by atoms with Crippen LogP contribution in [0.4, 0.5) is 0 Å². The van der Waals surface area contributed by atoms with Crippen molar-refractivity contribution in [3.05, 3.63) is 82.0 Å². The van der Waals surface area contributed by atoms with Crippen molar-refractivity contribution < 1.29 is 0 Å². The molecule has 1 rings (SSSR count). The SMILES string of the molecule is CC(C)=CCCC(C)=CCc1ccccc1CC=C(C)CCC=C(C)C. The van der Waals surface area contributed by atoms with Gasteiger partial charge in [0.1, 0.15) is 0 Å². The van der Waals surface area contributed by atoms with Gasteiger partial charge in [0.25, 0.3) is 0 Å². The van der Waals surface area contributed by atoms with Crippen molar-refractivity contribution in [2.24, 2.45) is 0 Å². The van der Waals surface area contributed by atoms with Gasteiger partial charge in [-0.05, 0) is 91.2 Å². The highest BCUT2D eigenvalue weighted by Crippen LogP contribution is 2.16. The van der Waals surface area contributed by atoms with E-state index in [0.29, 0.717) is 0 Å². The van der Waals surface area contributed by atoms with Crippen molar-refractivity contribution in [3.63, 3.8) is 0 Å². The maximum absolute atomic E-state index is 2.41. The zero-order valence-electron chi connectivity index (χ0n) is 17.9. The molecule has 0 aliphatic rings. The lowest BCUT2D eigenvalue weighted by Crippen LogP contribution is -1.93. The van der Waals surface area contributed by atoms with Gasteiger partial charge in [-0.1, -0.05) is 70.9 Å². The molecule has 0 N–H and O–H groups in total. The van der Waals surface area contributed by atoms with Crippen LogP contribution in [0.2, 0.25) is 0 Å². The van der Waals surface area contributed by atoms with E-state index in [2.05, 4.69) is 90.1 Å². The van der Waals surface area contributed by atoms with E-state index in [4.69, 9.17) is 0 Å². The number of rotatable bonds is 10. The van der Waals surface area contributed by atoms with E-state index in [-0.39, 0.29) is 0 Å². The number of hydrogen-bond donors (Lipinski definition) is 0. The van der Waals surface area contributed by atoms with Crippen LogP contribution < -0.4 is 0 Å². The van der Waals surface area contributed by atoms with Crippen molar-refractivity contribution >= 4 is 0 Å². The third-order valence-electron chi connectivity index (χ3n) is 4.64. The van der Waals surface area contributed by atoms with Gasteiger partial charge in [-0.25, -0.2) is 0 Å². The van der Waals surface area contributed by atoms with Crippen LogP contribution in [0.3, 0.4) is 0 Å². The van der Waals surface area contributed by atoms with Crippen LogP contribution >= 0.6 is 0 Å². The summed E-state index contributed by atoms with van der Waals surface area (Å²) in [6.45, 7) is 13.2. The normalized spacial score (nSPS) is 12.1. The molecule has 0 heteroatoms. The molecule has 0 radical (unpaired) electrons. The summed E-state index contributed by atoms with van der Waals surface area (Å²) < 4.78 is 0. The predicted octanol–water partition coefficient (Wildman–Crippen LogP) is 8.16. The summed E-state index contributed by atoms with van der Waals surface area (Å²) in [6.07, 6.45) is 16.2. The molecule has 0 bridgehead atoms. The van der Waals surface area contributed by atoms with Gasteiger partial charge >= 0.3 is 0 Å². The van der Waals surface area contributed by atoms with E-state index in [1.807, 2.05) is 0 Å². The Hall–Kier alpha value is -1.82. The highest BCUT2D eigenvalue weighted by atomic mass is 14.1. The summed E-state index contributed by atoms with van der Waals surface area (Å²) in [5.41, 5.74) is 8.73. The maximum atomic E-state index is 2.41. The molecule has 0 saturated carbocycles. The van der Waals surface area contributed by atoms with Crippen molar-refractivity contribution in [3.8, 4) is 0 Å². The van der Waals surface area contributed by atoms with Gasteiger partial charge in [0.2, 0.25) is 0 Å². The number of hydrogen-bond acceptors (Lipinski definition) is 0. The summed E-state index contributed by atoms with van der Waals surface area (Å²) in [4.78, 5) is 0. The maximum Gasteiger partial charge on any atom is -0.00920 e. The van der Waals surface area contributed by atoms with Gasteiger partial charge in [0.05, 0.1) is 0 Å². The first kappa shape index (κ1) is 22.2. The van der Waals surface area contributed by atoms with Gasteiger partial charge in [-0.2, -0.15) is 0 Å². The van der Waals surface area contributed by atoms with E-state index >= 15 is 0 Å². The van der Waals surface area contributed by atoms with E-state index < -0.39 is 0 Å². The molecule has 0 aliphatic heterocycles. The molecule has 0 atom stereocenters. The van der Waals surface area contributed by atoms with Crippen LogP contribution in [-0.4, -0.2) is 0 Å². The predicted molar refractivity (Wildman–Crippen MR) is 119 cm³/mol. The minimum atomic E-state index is 1.04. The molecule has 1 aromatic carbocycles. The molecule has 1 aromatic rings. The summed E-state index contributed by atoms with van der Waals surface area (Å²) in [5.74, 6) is 0. The number of allylic oxidation sites excluding steroid dienone is 8. The van der Waals surface area contributed by atoms with Gasteiger partial charge in [0.15, 0.2) is 0 Å². The molecule has 26 heavy (non-hydrogen) atoms. The fourth-order valence-electron chi connectivity index (χ4n) is 2.91. The van der Waals surface area contributed by atoms with Crippen LogP contribution in [0.25, 0.3) is 0 Å². The fraction of sp³-hybridized carbons (Fsp3) is 0.462. The van der Waals surface area contributed by atoms with Gasteiger partial charge in [-0.15, -0.1) is 0 Å². The minimum Gasteiger partial charge on any atom is -0.0856 e. The topological polar surface area (TPSA) is 0 Å². The molecule has 0 amide bonds. The van der Waals surface area contributed by atoms with E-state index in [0.717, 1.165) is 38.5 Å². The molecule has 0 fully saturated rings. The van der Waals surface area contributed by atoms with Crippen LogP contribution in [0, 0.1) is 0 Å². The van der Waals surface area contributed by atoms with Crippen molar-refractivity contribution in [1.82, 2.24) is 0 Å². The Balaban J connectivity index is 2.64. The first-order valence-corrected chi connectivity index (χ1v) is 10.0. The molecule has 0 heterocycles. The lowest BCUT2D eigenvalue weighted by atomic mass is 9.98. The Morgan fingerprint density at radius 2 is 1.00 bits per heavy atom. The smallest absolute Gasteiger partial charge is 0.00920 e. The first-order chi connectivity index (χ1) is 12.4. The summed E-state index contributed by atoms with van der Waals surface area (Å²) in [5, 5.41) is 0. The largest absolute Gasteiger partial charge is 0.0856 e. The zero-order valence-corrected chi connectivity index (χ0v) is 17.9. The Morgan fingerprint density at radius 3 is 1.35 bits per heavy atom. The van der Waals surface area contributed by atoms with Crippen LogP contribution in [0.1, 0.15) is 78.4 Å². The number of benzene rings is 1. The van der Waals surface area contributed by atoms with E-state index in [1.165, 1.54) is 33.4 Å². The fourth-order valence-corrected chi connectivity index (χ4v) is 2.91. The average Bonchev–Trinajstić information content (AvgIpc) is 2.58. The zero-order chi connectivity index (χ0) is 19.4. The Labute approximate surface area is 162 Å². The Morgan fingerprint density at radius 1 is 0.615 bits per heavy atom. The first-order valence-electron chi connectivity index (χ1n) is 10.0. The highest BCUT2D eigenvalue weighted by Gasteiger charge is 2.00. The molecule has 0 nitrogen and oxygen atoms in total. The quantitative estimate of drug-likeness (QED) is 0.373. The van der Waals surface area contributed by atoms with E-state index in [9.17, 15) is 0 Å². The van der Waals surface area contributed by atoms with Crippen molar-refractivity contribution in [1.29, 1.82) is 0 Å². The third-order valence-corrected chi connectivity index (χ3v) is 4.64. The third kappa shape index (κ3) is 10.2. The average molecular weight is 351 g/mol. The second-order valence-corrected chi connectivity index (χ2v) is 7.92. The summed E-state index contributed by atoms with van der Waals surface area (Å²) in [6, 6.07) is 8.89. The monoisotopic (exact) mass is 350 g/mol. The minimum absolute atomic E-state index is 1.04. The van der Waals surface area contributed by atoms with Crippen LogP contribution in [0.5, 0.6) is 0 Å². The van der Waals surface area contributed by atoms with Gasteiger partial charge in [0, 0.05) is 0 Å². The molecule has 0 aromatic heterocycles. The standard InChI is InChI=1S/C26H38/c1-21(2)11-9-13-23(5)17-19-25-15-7-8-16-26(25)20-18-24(6)14-10-12-22(3)4/h7-8,11-12,15-18H,9-10,13-14,19-20H2,1-6H3. The molecular formula is C26H38. The molecule has 0 aliphatic carbocycles. The van der Waals surface area contributed by atoms with Crippen LogP contribution in [0.15, 0.2) is 70.9 Å². The van der Waals surface area contributed by atoms with E-state index in [1.54, 1.807) is 0 Å². The lowest BCUT2D eigenvalue weighted by Gasteiger charge is -2.07. The summed E-state index contributed by atoms with van der Waals surface area (Å²) >= 11 is 0. The van der Waals surface area contributed by atoms with Crippen molar-refractivity contribution in [2.45, 2.75) is 80.1 Å².